The molecule has 1 aromatic carbocycles. The smallest absolute Gasteiger partial charge is 0.385 e. The number of halogens is 4. The Morgan fingerprint density at radius 3 is 2.54 bits per heavy atom. The summed E-state index contributed by atoms with van der Waals surface area (Å²) >= 11 is 0. The van der Waals surface area contributed by atoms with Gasteiger partial charge in [0.05, 0.1) is 29.9 Å². The molecule has 1 saturated heterocycles. The zero-order valence-electron chi connectivity index (χ0n) is 18.5. The van der Waals surface area contributed by atoms with Crippen molar-refractivity contribution >= 4 is 27.5 Å². The van der Waals surface area contributed by atoms with Crippen LogP contribution >= 0.6 is 0 Å². The fourth-order valence-corrected chi connectivity index (χ4v) is 4.69. The van der Waals surface area contributed by atoms with Gasteiger partial charge in [0.2, 0.25) is 5.82 Å². The van der Waals surface area contributed by atoms with Crippen LogP contribution in [-0.2, 0) is 23.1 Å². The minimum atomic E-state index is -4.94. The molecular formula is C21H23F4N6O3S+. The SMILES string of the molecule is C#C[C@@H](Nc1[nH]c(=O)[n+](C)c(N)c1/C=C(\N)N1CCS(=O)(=O)CC1)c1cccc(C(F)(F)F)c1F. The summed E-state index contributed by atoms with van der Waals surface area (Å²) in [5.41, 5.74) is 9.69. The van der Waals surface area contributed by atoms with Crippen LogP contribution in [0.3, 0.4) is 0 Å². The molecule has 0 saturated carbocycles. The predicted molar refractivity (Wildman–Crippen MR) is 122 cm³/mol. The summed E-state index contributed by atoms with van der Waals surface area (Å²) in [5, 5.41) is 2.66. The highest BCUT2D eigenvalue weighted by atomic mass is 32.2. The summed E-state index contributed by atoms with van der Waals surface area (Å²) in [4.78, 5) is 16.4. The number of nitrogens with two attached hydrogens (primary N) is 2. The molecular weight excluding hydrogens is 492 g/mol. The number of anilines is 2. The zero-order valence-corrected chi connectivity index (χ0v) is 19.3. The summed E-state index contributed by atoms with van der Waals surface area (Å²) in [7, 11) is -1.80. The molecule has 1 aromatic heterocycles. The van der Waals surface area contributed by atoms with E-state index >= 15 is 0 Å². The van der Waals surface area contributed by atoms with Gasteiger partial charge < -0.3 is 21.7 Å². The molecule has 0 aliphatic carbocycles. The molecule has 1 aliphatic rings. The normalized spacial score (nSPS) is 17.0. The van der Waals surface area contributed by atoms with Crippen LogP contribution in [0.4, 0.5) is 29.2 Å². The molecule has 0 bridgehead atoms. The lowest BCUT2D eigenvalue weighted by Gasteiger charge is -2.28. The van der Waals surface area contributed by atoms with E-state index in [1.54, 1.807) is 4.90 Å². The first-order chi connectivity index (χ1) is 16.2. The van der Waals surface area contributed by atoms with Gasteiger partial charge in [0.1, 0.15) is 17.4 Å². The lowest BCUT2D eigenvalue weighted by Crippen LogP contribution is -2.51. The number of hydrogen-bond donors (Lipinski definition) is 4. The topological polar surface area (TPSA) is 138 Å². The summed E-state index contributed by atoms with van der Waals surface area (Å²) < 4.78 is 78.6. The molecule has 9 nitrogen and oxygen atoms in total. The van der Waals surface area contributed by atoms with Crippen LogP contribution in [0.2, 0.25) is 0 Å². The number of nitrogens with one attached hydrogen (secondary N) is 2. The minimum Gasteiger partial charge on any atom is -0.385 e. The molecule has 0 radical (unpaired) electrons. The van der Waals surface area contributed by atoms with Crippen molar-refractivity contribution in [3.63, 3.8) is 0 Å². The monoisotopic (exact) mass is 515 g/mol. The van der Waals surface area contributed by atoms with Crippen LogP contribution in [0.15, 0.2) is 28.8 Å². The largest absolute Gasteiger partial charge is 0.442 e. The van der Waals surface area contributed by atoms with Crippen LogP contribution in [0.5, 0.6) is 0 Å². The predicted octanol–water partition coefficient (Wildman–Crippen LogP) is 0.713. The Balaban J connectivity index is 2.05. The standard InChI is InChI=1S/C21H22F4N6O3S/c1-3-15(12-5-4-6-14(17(12)22)21(23,24)25)28-19-13(18(27)30(2)20(32)29-19)11-16(26)31-7-9-35(33,34)10-8-31/h1,4-6,11,15H,7-10,26H2,2H3,(H3,27,28,29,32)/p+1/b16-11+/t15-/m1/s1. The van der Waals surface area contributed by atoms with Crippen LogP contribution in [0.1, 0.15) is 22.7 Å². The van der Waals surface area contributed by atoms with Gasteiger partial charge in [0.15, 0.2) is 15.7 Å². The second-order valence-corrected chi connectivity index (χ2v) is 10.1. The van der Waals surface area contributed by atoms with E-state index in [1.807, 2.05) is 0 Å². The molecule has 14 heteroatoms. The van der Waals surface area contributed by atoms with Gasteiger partial charge in [0, 0.05) is 18.7 Å². The fourth-order valence-electron chi connectivity index (χ4n) is 3.49. The van der Waals surface area contributed by atoms with Crippen molar-refractivity contribution in [3.05, 3.63) is 57.0 Å². The average molecular weight is 516 g/mol. The Morgan fingerprint density at radius 2 is 1.97 bits per heavy atom. The Hall–Kier alpha value is -3.73. The van der Waals surface area contributed by atoms with Crippen molar-refractivity contribution in [1.82, 2.24) is 9.88 Å². The van der Waals surface area contributed by atoms with E-state index in [9.17, 15) is 30.8 Å². The highest BCUT2D eigenvalue weighted by molar-refractivity contribution is 7.91. The molecule has 2 aromatic rings. The number of benzene rings is 1. The highest BCUT2D eigenvalue weighted by Crippen LogP contribution is 2.34. The van der Waals surface area contributed by atoms with E-state index in [0.29, 0.717) is 6.07 Å². The van der Waals surface area contributed by atoms with Gasteiger partial charge in [-0.25, -0.2) is 22.6 Å². The number of aromatic amines is 1. The Morgan fingerprint density at radius 1 is 1.34 bits per heavy atom. The fraction of sp³-hybridized carbons (Fsp3) is 0.333. The maximum atomic E-state index is 14.7. The third-order valence-corrected chi connectivity index (χ3v) is 7.15. The van der Waals surface area contributed by atoms with Gasteiger partial charge >= 0.3 is 11.9 Å². The lowest BCUT2D eigenvalue weighted by molar-refractivity contribution is -0.674. The van der Waals surface area contributed by atoms with Crippen molar-refractivity contribution in [2.24, 2.45) is 12.8 Å². The number of aromatic nitrogens is 2. The first-order valence-electron chi connectivity index (χ1n) is 10.2. The van der Waals surface area contributed by atoms with Crippen molar-refractivity contribution in [2.75, 3.05) is 35.6 Å². The van der Waals surface area contributed by atoms with Crippen LogP contribution in [0.25, 0.3) is 6.08 Å². The summed E-state index contributed by atoms with van der Waals surface area (Å²) in [5.74, 6) is 0.352. The van der Waals surface area contributed by atoms with Crippen molar-refractivity contribution in [3.8, 4) is 12.3 Å². The molecule has 0 spiro atoms. The molecule has 0 unspecified atom stereocenters. The summed E-state index contributed by atoms with van der Waals surface area (Å²) in [6.45, 7) is 0.260. The number of alkyl halides is 3. The molecule has 1 fully saturated rings. The number of hydrogen-bond acceptors (Lipinski definition) is 7. The molecule has 1 atom stereocenters. The van der Waals surface area contributed by atoms with Gasteiger partial charge in [0.25, 0.3) is 0 Å². The molecule has 1 aliphatic heterocycles. The lowest BCUT2D eigenvalue weighted by atomic mass is 10.0. The van der Waals surface area contributed by atoms with Crippen LogP contribution in [-0.4, -0.2) is 42.9 Å². The Bertz CT molecular complexity index is 1370. The first kappa shape index (κ1) is 25.9. The second kappa shape index (κ2) is 9.49. The highest BCUT2D eigenvalue weighted by Gasteiger charge is 2.36. The first-order valence-corrected chi connectivity index (χ1v) is 12.0. The molecule has 2 heterocycles. The van der Waals surface area contributed by atoms with Gasteiger partial charge in [-0.15, -0.1) is 6.42 Å². The minimum absolute atomic E-state index is 0.0795. The molecule has 35 heavy (non-hydrogen) atoms. The molecule has 188 valence electrons. The maximum Gasteiger partial charge on any atom is 0.442 e. The third-order valence-electron chi connectivity index (χ3n) is 5.55. The average Bonchev–Trinajstić information content (AvgIpc) is 2.77. The summed E-state index contributed by atoms with van der Waals surface area (Å²) in [6, 6.07) is 1.26. The van der Waals surface area contributed by atoms with E-state index in [2.05, 4.69) is 16.2 Å². The number of rotatable bonds is 5. The molecule has 0 amide bonds. The van der Waals surface area contributed by atoms with Gasteiger partial charge in [-0.3, -0.25) is 0 Å². The van der Waals surface area contributed by atoms with Gasteiger partial charge in [-0.05, 0) is 12.1 Å². The van der Waals surface area contributed by atoms with Crippen LogP contribution in [0, 0.1) is 18.2 Å². The number of H-pyrrole nitrogens is 1. The van der Waals surface area contributed by atoms with Crippen molar-refractivity contribution in [2.45, 2.75) is 12.2 Å². The van der Waals surface area contributed by atoms with E-state index in [-0.39, 0.29) is 47.6 Å². The van der Waals surface area contributed by atoms with Crippen molar-refractivity contribution in [1.29, 1.82) is 0 Å². The van der Waals surface area contributed by atoms with Gasteiger partial charge in [-0.1, -0.05) is 18.1 Å². The van der Waals surface area contributed by atoms with E-state index < -0.39 is 44.7 Å². The van der Waals surface area contributed by atoms with E-state index in [1.165, 1.54) is 13.1 Å². The van der Waals surface area contributed by atoms with Crippen LogP contribution < -0.4 is 27.0 Å². The molecule has 6 N–H and O–H groups in total. The third kappa shape index (κ3) is 5.51. The number of nitrogens with zero attached hydrogens (tertiary/aromatic N) is 2. The number of sulfone groups is 1. The zero-order chi connectivity index (χ0) is 26.1. The Labute approximate surface area is 198 Å². The van der Waals surface area contributed by atoms with E-state index in [4.69, 9.17) is 17.9 Å². The quantitative estimate of drug-likeness (QED) is 0.261. The molecule has 3 rings (SSSR count). The van der Waals surface area contributed by atoms with E-state index in [0.717, 1.165) is 16.7 Å². The second-order valence-electron chi connectivity index (χ2n) is 7.82. The summed E-state index contributed by atoms with van der Waals surface area (Å²) in [6.07, 6.45) is 1.91. The number of terminal acetylenes is 1. The van der Waals surface area contributed by atoms with Crippen molar-refractivity contribution < 1.29 is 30.5 Å². The van der Waals surface area contributed by atoms with Gasteiger partial charge in [-0.2, -0.15) is 17.7 Å². The Kier molecular flexibility index (Phi) is 7.02. The maximum absolute atomic E-state index is 14.7. The number of nitrogen functional groups attached to an aromatic ring is 1.